The first-order valence-corrected chi connectivity index (χ1v) is 18.2. The van der Waals surface area contributed by atoms with Gasteiger partial charge in [0.25, 0.3) is 0 Å². The Labute approximate surface area is 309 Å². The van der Waals surface area contributed by atoms with Gasteiger partial charge in [0, 0.05) is 33.4 Å². The standard InChI is InChI=1S/C50H36N2O/c1-50(2)45-23-12-11-21-41(45)42-29-28-39(31-46(42)50)52(38-19-13-18-36(30-38)33-14-5-3-6-15-33)37-26-24-34(25-27-37)44-32-47-48(43-22-10-9-20-40(43)44)53-49(51-47)35-16-7-4-8-17-35/h3-32H,1-2H3. The van der Waals surface area contributed by atoms with Crippen LogP contribution in [-0.2, 0) is 5.41 Å². The van der Waals surface area contributed by atoms with E-state index in [4.69, 9.17) is 9.40 Å². The van der Waals surface area contributed by atoms with Crippen molar-refractivity contribution in [2.75, 3.05) is 4.90 Å². The van der Waals surface area contributed by atoms with Crippen molar-refractivity contribution in [2.24, 2.45) is 0 Å². The van der Waals surface area contributed by atoms with Crippen LogP contribution in [0.1, 0.15) is 25.0 Å². The Balaban J connectivity index is 1.11. The van der Waals surface area contributed by atoms with Crippen LogP contribution in [0.2, 0.25) is 0 Å². The van der Waals surface area contributed by atoms with Crippen molar-refractivity contribution >= 4 is 38.9 Å². The van der Waals surface area contributed by atoms with Gasteiger partial charge in [-0.2, -0.15) is 0 Å². The summed E-state index contributed by atoms with van der Waals surface area (Å²) in [5, 5.41) is 2.19. The monoisotopic (exact) mass is 680 g/mol. The maximum Gasteiger partial charge on any atom is 0.227 e. The second-order valence-electron chi connectivity index (χ2n) is 14.4. The maximum absolute atomic E-state index is 6.40. The number of hydrogen-bond donors (Lipinski definition) is 0. The maximum atomic E-state index is 6.40. The largest absolute Gasteiger partial charge is 0.435 e. The van der Waals surface area contributed by atoms with Crippen LogP contribution in [0.15, 0.2) is 186 Å². The van der Waals surface area contributed by atoms with E-state index in [2.05, 4.69) is 170 Å². The van der Waals surface area contributed by atoms with Crippen molar-refractivity contribution in [1.82, 2.24) is 4.98 Å². The summed E-state index contributed by atoms with van der Waals surface area (Å²) in [5.41, 5.74) is 15.8. The fourth-order valence-electron chi connectivity index (χ4n) is 8.22. The summed E-state index contributed by atoms with van der Waals surface area (Å²) in [5.74, 6) is 0.632. The second-order valence-corrected chi connectivity index (χ2v) is 14.4. The Kier molecular flexibility index (Phi) is 7.16. The molecule has 0 radical (unpaired) electrons. The smallest absolute Gasteiger partial charge is 0.227 e. The van der Waals surface area contributed by atoms with E-state index in [1.807, 2.05) is 30.3 Å². The van der Waals surface area contributed by atoms with Gasteiger partial charge >= 0.3 is 0 Å². The number of hydrogen-bond acceptors (Lipinski definition) is 3. The summed E-state index contributed by atoms with van der Waals surface area (Å²) in [4.78, 5) is 7.35. The van der Waals surface area contributed by atoms with Crippen LogP contribution in [0.4, 0.5) is 17.1 Å². The zero-order chi connectivity index (χ0) is 35.5. The molecule has 3 nitrogen and oxygen atoms in total. The lowest BCUT2D eigenvalue weighted by Crippen LogP contribution is -2.16. The highest BCUT2D eigenvalue weighted by molar-refractivity contribution is 6.11. The van der Waals surface area contributed by atoms with Crippen molar-refractivity contribution in [3.05, 3.63) is 193 Å². The van der Waals surface area contributed by atoms with Gasteiger partial charge < -0.3 is 9.32 Å². The minimum absolute atomic E-state index is 0.107. The lowest BCUT2D eigenvalue weighted by Gasteiger charge is -2.28. The summed E-state index contributed by atoms with van der Waals surface area (Å²) >= 11 is 0. The topological polar surface area (TPSA) is 29.3 Å². The number of oxazole rings is 1. The first kappa shape index (κ1) is 31.1. The van der Waals surface area contributed by atoms with Gasteiger partial charge in [-0.15, -0.1) is 0 Å². The molecule has 0 saturated heterocycles. The van der Waals surface area contributed by atoms with Gasteiger partial charge in [0.1, 0.15) is 5.52 Å². The Hall–Kier alpha value is -6.71. The molecule has 0 spiro atoms. The van der Waals surface area contributed by atoms with Crippen molar-refractivity contribution in [3.63, 3.8) is 0 Å². The van der Waals surface area contributed by atoms with Gasteiger partial charge in [-0.05, 0) is 104 Å². The molecule has 0 unspecified atom stereocenters. The van der Waals surface area contributed by atoms with Crippen LogP contribution in [0, 0.1) is 0 Å². The molecule has 0 saturated carbocycles. The molecule has 3 heteroatoms. The lowest BCUT2D eigenvalue weighted by atomic mass is 9.82. The predicted octanol–water partition coefficient (Wildman–Crippen LogP) is 13.8. The van der Waals surface area contributed by atoms with Crippen LogP contribution in [-0.4, -0.2) is 4.98 Å². The number of benzene rings is 8. The Bertz CT molecular complexity index is 2800. The molecule has 1 aliphatic carbocycles. The number of rotatable bonds is 6. The molecule has 0 amide bonds. The Morgan fingerprint density at radius 3 is 1.85 bits per heavy atom. The summed E-state index contributed by atoms with van der Waals surface area (Å²) in [6.07, 6.45) is 0. The van der Waals surface area contributed by atoms with Crippen molar-refractivity contribution in [3.8, 4) is 44.8 Å². The highest BCUT2D eigenvalue weighted by Crippen LogP contribution is 2.51. The molecular formula is C50H36N2O. The lowest BCUT2D eigenvalue weighted by molar-refractivity contribution is 0.623. The number of fused-ring (bicyclic) bond motifs is 6. The third-order valence-electron chi connectivity index (χ3n) is 10.9. The van der Waals surface area contributed by atoms with Gasteiger partial charge in [-0.25, -0.2) is 4.98 Å². The number of anilines is 3. The zero-order valence-corrected chi connectivity index (χ0v) is 29.6. The van der Waals surface area contributed by atoms with E-state index in [0.29, 0.717) is 5.89 Å². The second kappa shape index (κ2) is 12.2. The quantitative estimate of drug-likeness (QED) is 0.175. The molecule has 10 rings (SSSR count). The highest BCUT2D eigenvalue weighted by atomic mass is 16.3. The van der Waals surface area contributed by atoms with Crippen LogP contribution >= 0.6 is 0 Å². The Morgan fingerprint density at radius 2 is 1.06 bits per heavy atom. The molecule has 9 aromatic rings. The first-order chi connectivity index (χ1) is 26.0. The van der Waals surface area contributed by atoms with E-state index in [9.17, 15) is 0 Å². The van der Waals surface area contributed by atoms with E-state index in [1.54, 1.807) is 0 Å². The molecule has 1 aliphatic rings. The van der Waals surface area contributed by atoms with E-state index in [0.717, 1.165) is 55.6 Å². The molecule has 0 bridgehead atoms. The molecule has 0 atom stereocenters. The summed E-state index contributed by atoms with van der Waals surface area (Å²) in [6, 6.07) is 65.0. The molecule has 0 N–H and O–H groups in total. The van der Waals surface area contributed by atoms with Crippen molar-refractivity contribution < 1.29 is 4.42 Å². The molecular weight excluding hydrogens is 645 g/mol. The highest BCUT2D eigenvalue weighted by Gasteiger charge is 2.35. The van der Waals surface area contributed by atoms with Gasteiger partial charge in [-0.1, -0.05) is 141 Å². The minimum Gasteiger partial charge on any atom is -0.435 e. The minimum atomic E-state index is -0.107. The summed E-state index contributed by atoms with van der Waals surface area (Å²) in [7, 11) is 0. The number of nitrogens with zero attached hydrogens (tertiary/aromatic N) is 2. The van der Waals surface area contributed by atoms with E-state index in [1.165, 1.54) is 33.4 Å². The Morgan fingerprint density at radius 1 is 0.434 bits per heavy atom. The fraction of sp³-hybridized carbons (Fsp3) is 0.0600. The summed E-state index contributed by atoms with van der Waals surface area (Å²) < 4.78 is 6.40. The average Bonchev–Trinajstić information content (AvgIpc) is 3.75. The van der Waals surface area contributed by atoms with Gasteiger partial charge in [0.2, 0.25) is 5.89 Å². The van der Waals surface area contributed by atoms with Crippen LogP contribution in [0.5, 0.6) is 0 Å². The van der Waals surface area contributed by atoms with E-state index in [-0.39, 0.29) is 5.41 Å². The van der Waals surface area contributed by atoms with E-state index >= 15 is 0 Å². The van der Waals surface area contributed by atoms with Gasteiger partial charge in [0.05, 0.1) is 0 Å². The van der Waals surface area contributed by atoms with Gasteiger partial charge in [-0.3, -0.25) is 0 Å². The third kappa shape index (κ3) is 5.16. The number of aromatic nitrogens is 1. The average molecular weight is 681 g/mol. The normalized spacial score (nSPS) is 12.9. The van der Waals surface area contributed by atoms with E-state index < -0.39 is 0 Å². The molecule has 1 heterocycles. The van der Waals surface area contributed by atoms with Crippen LogP contribution in [0.3, 0.4) is 0 Å². The van der Waals surface area contributed by atoms with Gasteiger partial charge in [0.15, 0.2) is 5.58 Å². The molecule has 0 aliphatic heterocycles. The SMILES string of the molecule is CC1(C)c2ccccc2-c2ccc(N(c3ccc(-c4cc5nc(-c6ccccc6)oc5c5ccccc45)cc3)c3cccc(-c4ccccc4)c3)cc21. The van der Waals surface area contributed by atoms with Crippen molar-refractivity contribution in [2.45, 2.75) is 19.3 Å². The van der Waals surface area contributed by atoms with Crippen LogP contribution < -0.4 is 4.90 Å². The molecule has 1 aromatic heterocycles. The molecule has 8 aromatic carbocycles. The fourth-order valence-corrected chi connectivity index (χ4v) is 8.22. The van der Waals surface area contributed by atoms with Crippen molar-refractivity contribution in [1.29, 1.82) is 0 Å². The van der Waals surface area contributed by atoms with Crippen LogP contribution in [0.25, 0.3) is 66.7 Å². The zero-order valence-electron chi connectivity index (χ0n) is 29.6. The first-order valence-electron chi connectivity index (χ1n) is 18.2. The third-order valence-corrected chi connectivity index (χ3v) is 10.9. The molecule has 53 heavy (non-hydrogen) atoms. The molecule has 252 valence electrons. The molecule has 0 fully saturated rings. The summed E-state index contributed by atoms with van der Waals surface area (Å²) in [6.45, 7) is 4.69. The predicted molar refractivity (Wildman–Crippen MR) is 220 cm³/mol.